The third kappa shape index (κ3) is 3.74. The minimum atomic E-state index is -0.829. The van der Waals surface area contributed by atoms with Gasteiger partial charge in [0.05, 0.1) is 11.5 Å². The molecule has 1 aliphatic heterocycles. The second kappa shape index (κ2) is 7.42. The zero-order valence-corrected chi connectivity index (χ0v) is 15.2. The molecule has 0 bridgehead atoms. The van der Waals surface area contributed by atoms with Gasteiger partial charge in [-0.3, -0.25) is 19.4 Å². The van der Waals surface area contributed by atoms with Crippen molar-refractivity contribution in [2.45, 2.75) is 12.8 Å². The molecule has 28 heavy (non-hydrogen) atoms. The van der Waals surface area contributed by atoms with Crippen LogP contribution in [0.4, 0.5) is 5.69 Å². The van der Waals surface area contributed by atoms with Crippen LogP contribution < -0.4 is 5.32 Å². The number of carbonyl (C=O) groups is 3. The monoisotopic (exact) mass is 379 g/mol. The van der Waals surface area contributed by atoms with Crippen LogP contribution in [0, 0.1) is 17.8 Å². The van der Waals surface area contributed by atoms with E-state index in [4.69, 9.17) is 0 Å². The molecule has 2 heterocycles. The summed E-state index contributed by atoms with van der Waals surface area (Å²) in [5.41, 5.74) is 1.37. The van der Waals surface area contributed by atoms with Crippen molar-refractivity contribution in [3.8, 4) is 0 Å². The van der Waals surface area contributed by atoms with E-state index < -0.39 is 11.9 Å². The minimum Gasteiger partial charge on any atom is -0.481 e. The smallest absolute Gasteiger partial charge is 0.308 e. The second-order valence-corrected chi connectivity index (χ2v) is 7.43. The molecule has 1 saturated heterocycles. The fourth-order valence-electron chi connectivity index (χ4n) is 3.87. The summed E-state index contributed by atoms with van der Waals surface area (Å²) < 4.78 is 0. The van der Waals surface area contributed by atoms with Gasteiger partial charge < -0.3 is 15.3 Å². The number of amides is 2. The molecule has 2 amide bonds. The van der Waals surface area contributed by atoms with Crippen LogP contribution in [0.25, 0.3) is 0 Å². The van der Waals surface area contributed by atoms with E-state index in [2.05, 4.69) is 10.3 Å². The van der Waals surface area contributed by atoms with Gasteiger partial charge in [0.2, 0.25) is 0 Å². The van der Waals surface area contributed by atoms with Gasteiger partial charge in [0.15, 0.2) is 0 Å². The normalized spacial score (nSPS) is 21.4. The number of rotatable bonds is 5. The van der Waals surface area contributed by atoms with Crippen LogP contribution in [-0.2, 0) is 4.79 Å². The highest BCUT2D eigenvalue weighted by molar-refractivity contribution is 6.05. The van der Waals surface area contributed by atoms with Crippen molar-refractivity contribution >= 4 is 23.5 Å². The van der Waals surface area contributed by atoms with Gasteiger partial charge in [0.1, 0.15) is 0 Å². The molecule has 2 aromatic rings. The predicted octanol–water partition coefficient (Wildman–Crippen LogP) is 2.52. The van der Waals surface area contributed by atoms with Crippen LogP contribution in [-0.4, -0.2) is 45.9 Å². The van der Waals surface area contributed by atoms with Crippen molar-refractivity contribution in [2.24, 2.45) is 17.8 Å². The molecule has 7 nitrogen and oxygen atoms in total. The number of hydrogen-bond acceptors (Lipinski definition) is 4. The van der Waals surface area contributed by atoms with Crippen molar-refractivity contribution in [1.29, 1.82) is 0 Å². The number of pyridine rings is 1. The lowest BCUT2D eigenvalue weighted by molar-refractivity contribution is -0.142. The summed E-state index contributed by atoms with van der Waals surface area (Å²) in [4.78, 5) is 42.3. The van der Waals surface area contributed by atoms with Crippen molar-refractivity contribution in [3.63, 3.8) is 0 Å². The van der Waals surface area contributed by atoms with Gasteiger partial charge in [-0.1, -0.05) is 6.07 Å². The van der Waals surface area contributed by atoms with E-state index in [1.54, 1.807) is 47.5 Å². The fourth-order valence-corrected chi connectivity index (χ4v) is 3.87. The topological polar surface area (TPSA) is 99.6 Å². The maximum absolute atomic E-state index is 12.9. The molecule has 2 aliphatic rings. The Labute approximate surface area is 162 Å². The van der Waals surface area contributed by atoms with Crippen LogP contribution in [0.5, 0.6) is 0 Å². The van der Waals surface area contributed by atoms with E-state index >= 15 is 0 Å². The van der Waals surface area contributed by atoms with Crippen molar-refractivity contribution in [2.75, 3.05) is 18.4 Å². The number of benzene rings is 1. The summed E-state index contributed by atoms with van der Waals surface area (Å²) in [5.74, 6) is -1.38. The summed E-state index contributed by atoms with van der Waals surface area (Å²) in [7, 11) is 0. The molecular weight excluding hydrogens is 358 g/mol. The maximum atomic E-state index is 12.9. The highest BCUT2D eigenvalue weighted by atomic mass is 16.4. The van der Waals surface area contributed by atoms with Gasteiger partial charge in [0, 0.05) is 36.7 Å². The van der Waals surface area contributed by atoms with E-state index in [0.29, 0.717) is 29.3 Å². The second-order valence-electron chi connectivity index (χ2n) is 7.43. The third-order valence-electron chi connectivity index (χ3n) is 5.49. The first-order chi connectivity index (χ1) is 13.5. The molecule has 2 fully saturated rings. The molecule has 7 heteroatoms. The molecule has 2 N–H and O–H groups in total. The quantitative estimate of drug-likeness (QED) is 0.832. The number of carboxylic acid groups (broad SMARTS) is 1. The van der Waals surface area contributed by atoms with E-state index in [0.717, 1.165) is 12.8 Å². The number of aromatic nitrogens is 1. The third-order valence-corrected chi connectivity index (χ3v) is 5.49. The molecule has 0 radical (unpaired) electrons. The fraction of sp³-hybridized carbons (Fsp3) is 0.333. The summed E-state index contributed by atoms with van der Waals surface area (Å²) in [5, 5.41) is 12.3. The first kappa shape index (κ1) is 18.2. The highest BCUT2D eigenvalue weighted by Gasteiger charge is 2.46. The Morgan fingerprint density at radius 2 is 1.86 bits per heavy atom. The molecule has 1 aromatic heterocycles. The first-order valence-electron chi connectivity index (χ1n) is 9.36. The van der Waals surface area contributed by atoms with Crippen LogP contribution >= 0.6 is 0 Å². The van der Waals surface area contributed by atoms with Crippen LogP contribution in [0.2, 0.25) is 0 Å². The SMILES string of the molecule is O=C(Nc1cccc(C(=O)N2C[C@H](C(=O)O)[C@@H](C3CC3)C2)c1)c1cccnc1. The van der Waals surface area contributed by atoms with Crippen LogP contribution in [0.1, 0.15) is 33.6 Å². The van der Waals surface area contributed by atoms with E-state index in [1.807, 2.05) is 0 Å². The molecule has 1 aromatic carbocycles. The minimum absolute atomic E-state index is 0.0370. The van der Waals surface area contributed by atoms with E-state index in [-0.39, 0.29) is 24.3 Å². The van der Waals surface area contributed by atoms with Gasteiger partial charge in [-0.05, 0) is 55.0 Å². The largest absolute Gasteiger partial charge is 0.481 e. The van der Waals surface area contributed by atoms with Gasteiger partial charge in [-0.15, -0.1) is 0 Å². The Hall–Kier alpha value is -3.22. The lowest BCUT2D eigenvalue weighted by Gasteiger charge is -2.17. The number of hydrogen-bond donors (Lipinski definition) is 2. The molecule has 1 saturated carbocycles. The van der Waals surface area contributed by atoms with Crippen molar-refractivity contribution < 1.29 is 19.5 Å². The first-order valence-corrected chi connectivity index (χ1v) is 9.36. The van der Waals surface area contributed by atoms with Crippen molar-refractivity contribution in [3.05, 3.63) is 59.9 Å². The Bertz CT molecular complexity index is 911. The number of nitrogens with zero attached hydrogens (tertiary/aromatic N) is 2. The average molecular weight is 379 g/mol. The zero-order chi connectivity index (χ0) is 19.7. The number of carboxylic acids is 1. The molecule has 1 aliphatic carbocycles. The van der Waals surface area contributed by atoms with Gasteiger partial charge in [-0.2, -0.15) is 0 Å². The summed E-state index contributed by atoms with van der Waals surface area (Å²) in [6.07, 6.45) is 5.16. The predicted molar refractivity (Wildman–Crippen MR) is 102 cm³/mol. The van der Waals surface area contributed by atoms with Crippen LogP contribution in [0.15, 0.2) is 48.8 Å². The Balaban J connectivity index is 1.47. The Morgan fingerprint density at radius 1 is 1.07 bits per heavy atom. The summed E-state index contributed by atoms with van der Waals surface area (Å²) >= 11 is 0. The zero-order valence-electron chi connectivity index (χ0n) is 15.2. The number of aliphatic carboxylic acids is 1. The lowest BCUT2D eigenvalue weighted by atomic mass is 9.92. The van der Waals surface area contributed by atoms with Crippen LogP contribution in [0.3, 0.4) is 0 Å². The molecule has 0 unspecified atom stereocenters. The number of anilines is 1. The molecular formula is C21H21N3O4. The molecule has 4 rings (SSSR count). The van der Waals surface area contributed by atoms with E-state index in [1.165, 1.54) is 6.20 Å². The average Bonchev–Trinajstić information content (AvgIpc) is 3.46. The molecule has 0 spiro atoms. The van der Waals surface area contributed by atoms with Gasteiger partial charge >= 0.3 is 5.97 Å². The summed E-state index contributed by atoms with van der Waals surface area (Å²) in [6, 6.07) is 10.1. The summed E-state index contributed by atoms with van der Waals surface area (Å²) in [6.45, 7) is 0.717. The number of carbonyl (C=O) groups excluding carboxylic acids is 2. The maximum Gasteiger partial charge on any atom is 0.308 e. The number of likely N-dealkylation sites (tertiary alicyclic amines) is 1. The van der Waals surface area contributed by atoms with Gasteiger partial charge in [-0.25, -0.2) is 0 Å². The Morgan fingerprint density at radius 3 is 2.54 bits per heavy atom. The molecule has 144 valence electrons. The van der Waals surface area contributed by atoms with E-state index in [9.17, 15) is 19.5 Å². The highest BCUT2D eigenvalue weighted by Crippen LogP contribution is 2.44. The standard InChI is InChI=1S/C21H21N3O4/c25-19(15-4-2-8-22-10-15)23-16-5-1-3-14(9-16)20(26)24-11-17(13-6-7-13)18(12-24)21(27)28/h1-5,8-10,13,17-18H,6-7,11-12H2,(H,23,25)(H,27,28)/t17-,18+/m1/s1. The Kier molecular flexibility index (Phi) is 4.81. The number of nitrogens with one attached hydrogen (secondary N) is 1. The van der Waals surface area contributed by atoms with Crippen molar-refractivity contribution in [1.82, 2.24) is 9.88 Å². The molecule has 2 atom stereocenters. The van der Waals surface area contributed by atoms with Gasteiger partial charge in [0.25, 0.3) is 11.8 Å². The lowest BCUT2D eigenvalue weighted by Crippen LogP contribution is -2.30.